The second kappa shape index (κ2) is 6.40. The molecule has 4 nitrogen and oxygen atoms in total. The lowest BCUT2D eigenvalue weighted by Gasteiger charge is -2.19. The quantitative estimate of drug-likeness (QED) is 0.945. The summed E-state index contributed by atoms with van der Waals surface area (Å²) in [7, 11) is 0. The van der Waals surface area contributed by atoms with Crippen LogP contribution in [0.4, 0.5) is 0 Å². The summed E-state index contributed by atoms with van der Waals surface area (Å²) in [5.74, 6) is -0.197. The second-order valence-electron chi connectivity index (χ2n) is 6.17. The summed E-state index contributed by atoms with van der Waals surface area (Å²) in [6.45, 7) is 6.97. The van der Waals surface area contributed by atoms with E-state index >= 15 is 0 Å². The smallest absolute Gasteiger partial charge is 0.253 e. The Morgan fingerprint density at radius 3 is 2.36 bits per heavy atom. The lowest BCUT2D eigenvalue weighted by Crippen LogP contribution is -2.23. The van der Waals surface area contributed by atoms with Gasteiger partial charge in [-0.15, -0.1) is 0 Å². The number of carbonyl (C=O) groups is 1. The van der Waals surface area contributed by atoms with Gasteiger partial charge in [-0.05, 0) is 28.7 Å². The molecule has 0 aliphatic heterocycles. The molecule has 0 aliphatic rings. The van der Waals surface area contributed by atoms with Crippen LogP contribution in [0.2, 0.25) is 0 Å². The van der Waals surface area contributed by atoms with E-state index in [-0.39, 0.29) is 11.3 Å². The van der Waals surface area contributed by atoms with E-state index < -0.39 is 0 Å². The van der Waals surface area contributed by atoms with Crippen LogP contribution >= 0.6 is 0 Å². The molecule has 1 heterocycles. The molecular weight excluding hydrogens is 274 g/mol. The highest BCUT2D eigenvalue weighted by Crippen LogP contribution is 2.22. The largest absolute Gasteiger partial charge is 0.348 e. The Hall–Kier alpha value is -2.67. The Labute approximate surface area is 130 Å². The van der Waals surface area contributed by atoms with Gasteiger partial charge in [0.15, 0.2) is 0 Å². The molecule has 22 heavy (non-hydrogen) atoms. The molecule has 0 radical (unpaired) electrons. The van der Waals surface area contributed by atoms with Crippen LogP contribution in [0.25, 0.3) is 0 Å². The van der Waals surface area contributed by atoms with Gasteiger partial charge < -0.3 is 5.32 Å². The van der Waals surface area contributed by atoms with Gasteiger partial charge in [-0.2, -0.15) is 5.26 Å². The topological polar surface area (TPSA) is 65.8 Å². The van der Waals surface area contributed by atoms with Crippen LogP contribution in [0.15, 0.2) is 42.6 Å². The first-order valence-electron chi connectivity index (χ1n) is 7.14. The van der Waals surface area contributed by atoms with Crippen molar-refractivity contribution in [2.75, 3.05) is 0 Å². The molecule has 0 bridgehead atoms. The molecule has 1 amide bonds. The number of carbonyl (C=O) groups excluding carboxylic acids is 1. The summed E-state index contributed by atoms with van der Waals surface area (Å²) in [6.07, 6.45) is 1.41. The first-order valence-corrected chi connectivity index (χ1v) is 7.14. The Morgan fingerprint density at radius 2 is 1.86 bits per heavy atom. The molecule has 2 rings (SSSR count). The summed E-state index contributed by atoms with van der Waals surface area (Å²) < 4.78 is 0. The van der Waals surface area contributed by atoms with E-state index in [9.17, 15) is 4.79 Å². The molecule has 2 aromatic rings. The van der Waals surface area contributed by atoms with Crippen molar-refractivity contribution in [1.29, 1.82) is 5.26 Å². The van der Waals surface area contributed by atoms with E-state index in [0.717, 1.165) is 5.56 Å². The molecule has 0 unspecified atom stereocenters. The van der Waals surface area contributed by atoms with Gasteiger partial charge in [0.1, 0.15) is 11.8 Å². The zero-order chi connectivity index (χ0) is 16.2. The Kier molecular flexibility index (Phi) is 4.57. The predicted molar refractivity (Wildman–Crippen MR) is 85.3 cm³/mol. The Morgan fingerprint density at radius 1 is 1.18 bits per heavy atom. The van der Waals surface area contributed by atoms with Gasteiger partial charge in [-0.3, -0.25) is 4.79 Å². The minimum atomic E-state index is -0.197. The van der Waals surface area contributed by atoms with Gasteiger partial charge in [-0.1, -0.05) is 45.0 Å². The standard InChI is InChI=1S/C18H19N3O/c1-18(2,3)15-7-4-13(5-8-15)11-21-17(22)14-6-9-16(10-19)20-12-14/h4-9,12H,11H2,1-3H3,(H,21,22). The molecule has 1 aromatic carbocycles. The molecule has 0 fully saturated rings. The average molecular weight is 293 g/mol. The Bertz CT molecular complexity index is 689. The summed E-state index contributed by atoms with van der Waals surface area (Å²) in [6, 6.07) is 13.3. The van der Waals surface area contributed by atoms with E-state index in [1.807, 2.05) is 18.2 Å². The lowest BCUT2D eigenvalue weighted by atomic mass is 9.87. The van der Waals surface area contributed by atoms with Gasteiger partial charge in [0.2, 0.25) is 0 Å². The molecule has 1 N–H and O–H groups in total. The van der Waals surface area contributed by atoms with Crippen molar-refractivity contribution < 1.29 is 4.79 Å². The van der Waals surface area contributed by atoms with Crippen LogP contribution in [-0.2, 0) is 12.0 Å². The molecule has 0 saturated heterocycles. The normalized spacial score (nSPS) is 10.8. The van der Waals surface area contributed by atoms with Crippen LogP contribution in [0, 0.1) is 11.3 Å². The van der Waals surface area contributed by atoms with Gasteiger partial charge >= 0.3 is 0 Å². The second-order valence-corrected chi connectivity index (χ2v) is 6.17. The predicted octanol–water partition coefficient (Wildman–Crippen LogP) is 3.18. The third-order valence-electron chi connectivity index (χ3n) is 3.41. The van der Waals surface area contributed by atoms with E-state index in [2.05, 4.69) is 43.2 Å². The third-order valence-corrected chi connectivity index (χ3v) is 3.41. The number of nitriles is 1. The average Bonchev–Trinajstić information content (AvgIpc) is 2.52. The fourth-order valence-corrected chi connectivity index (χ4v) is 2.00. The first-order chi connectivity index (χ1) is 10.4. The Balaban J connectivity index is 1.97. The number of hydrogen-bond acceptors (Lipinski definition) is 3. The van der Waals surface area contributed by atoms with Crippen molar-refractivity contribution in [3.8, 4) is 6.07 Å². The minimum absolute atomic E-state index is 0.121. The van der Waals surface area contributed by atoms with Crippen LogP contribution < -0.4 is 5.32 Å². The molecular formula is C18H19N3O. The monoisotopic (exact) mass is 293 g/mol. The summed E-state index contributed by atoms with van der Waals surface area (Å²) in [5.41, 5.74) is 3.18. The van der Waals surface area contributed by atoms with Crippen LogP contribution in [0.3, 0.4) is 0 Å². The molecule has 112 valence electrons. The van der Waals surface area contributed by atoms with Gasteiger partial charge in [0, 0.05) is 12.7 Å². The summed E-state index contributed by atoms with van der Waals surface area (Å²) in [4.78, 5) is 15.9. The number of aromatic nitrogens is 1. The van der Waals surface area contributed by atoms with E-state index in [1.165, 1.54) is 17.8 Å². The highest BCUT2D eigenvalue weighted by Gasteiger charge is 2.13. The van der Waals surface area contributed by atoms with Crippen LogP contribution in [-0.4, -0.2) is 10.9 Å². The van der Waals surface area contributed by atoms with Crippen molar-refractivity contribution in [2.45, 2.75) is 32.7 Å². The van der Waals surface area contributed by atoms with Crippen LogP contribution in [0.1, 0.15) is 48.0 Å². The van der Waals surface area contributed by atoms with Gasteiger partial charge in [-0.25, -0.2) is 4.98 Å². The molecule has 0 saturated carbocycles. The van der Waals surface area contributed by atoms with E-state index in [1.54, 1.807) is 6.07 Å². The van der Waals surface area contributed by atoms with Gasteiger partial charge in [0.05, 0.1) is 5.56 Å². The maximum atomic E-state index is 12.0. The lowest BCUT2D eigenvalue weighted by molar-refractivity contribution is 0.0950. The number of amides is 1. The van der Waals surface area contributed by atoms with Crippen molar-refractivity contribution in [2.24, 2.45) is 0 Å². The first kappa shape index (κ1) is 15.7. The van der Waals surface area contributed by atoms with Crippen molar-refractivity contribution >= 4 is 5.91 Å². The summed E-state index contributed by atoms with van der Waals surface area (Å²) >= 11 is 0. The SMILES string of the molecule is CC(C)(C)c1ccc(CNC(=O)c2ccc(C#N)nc2)cc1. The van der Waals surface area contributed by atoms with Gasteiger partial charge in [0.25, 0.3) is 5.91 Å². The van der Waals surface area contributed by atoms with Crippen molar-refractivity contribution in [3.05, 3.63) is 65.0 Å². The maximum Gasteiger partial charge on any atom is 0.253 e. The molecule has 0 aliphatic carbocycles. The number of nitrogens with zero attached hydrogens (tertiary/aromatic N) is 2. The van der Waals surface area contributed by atoms with Crippen LogP contribution in [0.5, 0.6) is 0 Å². The zero-order valence-corrected chi connectivity index (χ0v) is 13.1. The summed E-state index contributed by atoms with van der Waals surface area (Å²) in [5, 5.41) is 11.5. The fourth-order valence-electron chi connectivity index (χ4n) is 2.00. The highest BCUT2D eigenvalue weighted by atomic mass is 16.1. The minimum Gasteiger partial charge on any atom is -0.348 e. The highest BCUT2D eigenvalue weighted by molar-refractivity contribution is 5.93. The fraction of sp³-hybridized carbons (Fsp3) is 0.278. The zero-order valence-electron chi connectivity index (χ0n) is 13.1. The number of hydrogen-bond donors (Lipinski definition) is 1. The molecule has 0 spiro atoms. The number of rotatable bonds is 3. The van der Waals surface area contributed by atoms with E-state index in [0.29, 0.717) is 17.8 Å². The van der Waals surface area contributed by atoms with Crippen molar-refractivity contribution in [1.82, 2.24) is 10.3 Å². The molecule has 4 heteroatoms. The third kappa shape index (κ3) is 3.92. The van der Waals surface area contributed by atoms with Crippen molar-refractivity contribution in [3.63, 3.8) is 0 Å². The number of nitrogens with one attached hydrogen (secondary N) is 1. The maximum absolute atomic E-state index is 12.0. The molecule has 0 atom stereocenters. The number of pyridine rings is 1. The van der Waals surface area contributed by atoms with E-state index in [4.69, 9.17) is 5.26 Å². The number of benzene rings is 1. The molecule has 1 aromatic heterocycles.